The molecule has 0 spiro atoms. The van der Waals surface area contributed by atoms with Crippen molar-refractivity contribution in [2.45, 2.75) is 6.92 Å². The van der Waals surface area contributed by atoms with Crippen LogP contribution in [0.15, 0.2) is 28.9 Å². The summed E-state index contributed by atoms with van der Waals surface area (Å²) >= 11 is 9.14. The van der Waals surface area contributed by atoms with Gasteiger partial charge in [0.05, 0.1) is 5.69 Å². The summed E-state index contributed by atoms with van der Waals surface area (Å²) in [5.74, 6) is 5.55. The molecule has 2 rings (SSSR count). The van der Waals surface area contributed by atoms with Gasteiger partial charge in [0, 0.05) is 17.7 Å². The molecule has 6 nitrogen and oxygen atoms in total. The van der Waals surface area contributed by atoms with E-state index < -0.39 is 0 Å². The van der Waals surface area contributed by atoms with E-state index in [1.54, 1.807) is 7.05 Å². The first-order chi connectivity index (χ1) is 9.90. The number of carbonyl (C=O) groups excluding carboxylic acids is 1. The van der Waals surface area contributed by atoms with Crippen molar-refractivity contribution in [1.29, 1.82) is 0 Å². The zero-order valence-electron chi connectivity index (χ0n) is 11.4. The minimum Gasteiger partial charge on any atom is -0.321 e. The molecule has 8 heteroatoms. The quantitative estimate of drug-likeness (QED) is 0.493. The molecule has 1 aromatic heterocycles. The van der Waals surface area contributed by atoms with Gasteiger partial charge in [-0.15, -0.1) is 0 Å². The number of aryl methyl sites for hydroxylation is 1. The number of rotatable bonds is 3. The van der Waals surface area contributed by atoms with Gasteiger partial charge < -0.3 is 5.32 Å². The maximum atomic E-state index is 12.4. The fraction of sp³-hybridized carbons (Fsp3) is 0.154. The van der Waals surface area contributed by atoms with Gasteiger partial charge in [0.1, 0.15) is 5.56 Å². The van der Waals surface area contributed by atoms with Crippen molar-refractivity contribution in [2.24, 2.45) is 5.84 Å². The standard InChI is InChI=1S/C13H13BrClN5O/c1-7-4-3-5-9(14)10(7)18-12(21)8-6-17-13(15)19-11(8)20(2)16/h3-6H,16H2,1-2H3,(H,18,21). The average molecular weight is 371 g/mol. The Morgan fingerprint density at radius 2 is 2.19 bits per heavy atom. The van der Waals surface area contributed by atoms with Crippen LogP contribution in [0.4, 0.5) is 11.5 Å². The van der Waals surface area contributed by atoms with Gasteiger partial charge in [0.15, 0.2) is 5.82 Å². The number of para-hydroxylation sites is 1. The van der Waals surface area contributed by atoms with E-state index in [4.69, 9.17) is 17.4 Å². The van der Waals surface area contributed by atoms with E-state index in [1.165, 1.54) is 11.2 Å². The van der Waals surface area contributed by atoms with Gasteiger partial charge in [-0.25, -0.2) is 10.8 Å². The highest BCUT2D eigenvalue weighted by Gasteiger charge is 2.18. The van der Waals surface area contributed by atoms with Crippen LogP contribution in [0.3, 0.4) is 0 Å². The number of hydrogen-bond acceptors (Lipinski definition) is 5. The van der Waals surface area contributed by atoms with Crippen molar-refractivity contribution in [1.82, 2.24) is 9.97 Å². The van der Waals surface area contributed by atoms with Crippen LogP contribution in [0.5, 0.6) is 0 Å². The first-order valence-electron chi connectivity index (χ1n) is 5.97. The highest BCUT2D eigenvalue weighted by molar-refractivity contribution is 9.10. The first-order valence-corrected chi connectivity index (χ1v) is 7.14. The fourth-order valence-electron chi connectivity index (χ4n) is 1.75. The summed E-state index contributed by atoms with van der Waals surface area (Å²) in [6.45, 7) is 1.90. The summed E-state index contributed by atoms with van der Waals surface area (Å²) in [6, 6.07) is 5.63. The van der Waals surface area contributed by atoms with E-state index in [1.807, 2.05) is 25.1 Å². The Bertz CT molecular complexity index is 672. The summed E-state index contributed by atoms with van der Waals surface area (Å²) in [6.07, 6.45) is 1.34. The molecule has 2 aromatic rings. The van der Waals surface area contributed by atoms with Gasteiger partial charge in [-0.2, -0.15) is 4.98 Å². The Balaban J connectivity index is 2.37. The molecule has 0 fully saturated rings. The van der Waals surface area contributed by atoms with Crippen LogP contribution < -0.4 is 16.2 Å². The van der Waals surface area contributed by atoms with E-state index in [9.17, 15) is 4.79 Å². The maximum absolute atomic E-state index is 12.4. The molecule has 110 valence electrons. The van der Waals surface area contributed by atoms with E-state index >= 15 is 0 Å². The highest BCUT2D eigenvalue weighted by atomic mass is 79.9. The molecule has 3 N–H and O–H groups in total. The molecule has 21 heavy (non-hydrogen) atoms. The third-order valence-corrected chi connectivity index (χ3v) is 3.62. The van der Waals surface area contributed by atoms with Gasteiger partial charge in [-0.1, -0.05) is 12.1 Å². The molecule has 0 aliphatic rings. The number of hydrogen-bond donors (Lipinski definition) is 2. The number of carbonyl (C=O) groups is 1. The molecule has 0 unspecified atom stereocenters. The van der Waals surface area contributed by atoms with E-state index in [2.05, 4.69) is 31.2 Å². The molecule has 0 saturated heterocycles. The number of nitrogens with two attached hydrogens (primary N) is 1. The summed E-state index contributed by atoms with van der Waals surface area (Å²) in [4.78, 5) is 20.2. The van der Waals surface area contributed by atoms with Gasteiger partial charge >= 0.3 is 0 Å². The molecule has 0 aliphatic carbocycles. The number of benzene rings is 1. The average Bonchev–Trinajstić information content (AvgIpc) is 2.42. The van der Waals surface area contributed by atoms with Crippen molar-refractivity contribution < 1.29 is 4.79 Å². The Kier molecular flexibility index (Phi) is 4.76. The monoisotopic (exact) mass is 369 g/mol. The van der Waals surface area contributed by atoms with Crippen molar-refractivity contribution in [3.63, 3.8) is 0 Å². The lowest BCUT2D eigenvalue weighted by Crippen LogP contribution is -2.29. The highest BCUT2D eigenvalue weighted by Crippen LogP contribution is 2.27. The predicted molar refractivity (Wildman–Crippen MR) is 86.5 cm³/mol. The molecule has 0 atom stereocenters. The number of amides is 1. The summed E-state index contributed by atoms with van der Waals surface area (Å²) in [5, 5.41) is 4.06. The Hall–Kier alpha value is -1.70. The number of anilines is 2. The van der Waals surface area contributed by atoms with Crippen LogP contribution in [0.25, 0.3) is 0 Å². The topological polar surface area (TPSA) is 84.1 Å². The Labute approximate surface area is 135 Å². The number of aromatic nitrogens is 2. The lowest BCUT2D eigenvalue weighted by Gasteiger charge is -2.16. The van der Waals surface area contributed by atoms with Crippen LogP contribution in [-0.2, 0) is 0 Å². The maximum Gasteiger partial charge on any atom is 0.261 e. The minimum absolute atomic E-state index is 0.0240. The van der Waals surface area contributed by atoms with Crippen molar-refractivity contribution in [2.75, 3.05) is 17.4 Å². The molecule has 0 radical (unpaired) electrons. The SMILES string of the molecule is Cc1cccc(Br)c1NC(=O)c1cnc(Cl)nc1N(C)N. The molecular formula is C13H13BrClN5O. The van der Waals surface area contributed by atoms with Crippen LogP contribution >= 0.6 is 27.5 Å². The third kappa shape index (κ3) is 3.49. The molecule has 0 bridgehead atoms. The normalized spacial score (nSPS) is 10.3. The van der Waals surface area contributed by atoms with Crippen molar-refractivity contribution >= 4 is 44.9 Å². The molecule has 0 aliphatic heterocycles. The molecule has 1 aromatic carbocycles. The van der Waals surface area contributed by atoms with Crippen LogP contribution in [0, 0.1) is 6.92 Å². The van der Waals surface area contributed by atoms with Gasteiger partial charge in [-0.3, -0.25) is 9.80 Å². The lowest BCUT2D eigenvalue weighted by molar-refractivity contribution is 0.102. The molecule has 1 heterocycles. The second kappa shape index (κ2) is 6.38. The number of nitrogens with one attached hydrogen (secondary N) is 1. The summed E-state index contributed by atoms with van der Waals surface area (Å²) < 4.78 is 0.786. The third-order valence-electron chi connectivity index (χ3n) is 2.78. The van der Waals surface area contributed by atoms with Crippen molar-refractivity contribution in [3.05, 3.63) is 45.3 Å². The van der Waals surface area contributed by atoms with Gasteiger partial charge in [-0.05, 0) is 46.1 Å². The van der Waals surface area contributed by atoms with Crippen LogP contribution in [0.2, 0.25) is 5.28 Å². The second-order valence-electron chi connectivity index (χ2n) is 4.37. The lowest BCUT2D eigenvalue weighted by atomic mass is 10.2. The number of hydrazine groups is 1. The number of halogens is 2. The Morgan fingerprint density at radius 3 is 2.81 bits per heavy atom. The zero-order valence-corrected chi connectivity index (χ0v) is 13.7. The van der Waals surface area contributed by atoms with Crippen molar-refractivity contribution in [3.8, 4) is 0 Å². The smallest absolute Gasteiger partial charge is 0.261 e. The van der Waals surface area contributed by atoms with Crippen LogP contribution in [-0.4, -0.2) is 22.9 Å². The molecule has 0 saturated carbocycles. The van der Waals surface area contributed by atoms with Gasteiger partial charge in [0.2, 0.25) is 5.28 Å². The van der Waals surface area contributed by atoms with Gasteiger partial charge in [0.25, 0.3) is 5.91 Å². The number of nitrogens with zero attached hydrogens (tertiary/aromatic N) is 3. The molecular weight excluding hydrogens is 358 g/mol. The predicted octanol–water partition coefficient (Wildman–Crippen LogP) is 2.76. The fourth-order valence-corrected chi connectivity index (χ4v) is 2.45. The summed E-state index contributed by atoms with van der Waals surface area (Å²) in [7, 11) is 1.57. The van der Waals surface area contributed by atoms with E-state index in [0.717, 1.165) is 10.0 Å². The van der Waals surface area contributed by atoms with E-state index in [0.29, 0.717) is 5.69 Å². The Morgan fingerprint density at radius 1 is 1.48 bits per heavy atom. The molecule has 1 amide bonds. The summed E-state index contributed by atoms with van der Waals surface area (Å²) in [5.41, 5.74) is 1.85. The minimum atomic E-state index is -0.367. The first kappa shape index (κ1) is 15.7. The largest absolute Gasteiger partial charge is 0.321 e. The van der Waals surface area contributed by atoms with Crippen LogP contribution in [0.1, 0.15) is 15.9 Å². The zero-order chi connectivity index (χ0) is 15.6. The second-order valence-corrected chi connectivity index (χ2v) is 5.57. The van der Waals surface area contributed by atoms with E-state index in [-0.39, 0.29) is 22.6 Å².